The Morgan fingerprint density at radius 2 is 2.07 bits per heavy atom. The summed E-state index contributed by atoms with van der Waals surface area (Å²) in [6.07, 6.45) is 0. The lowest BCUT2D eigenvalue weighted by Crippen LogP contribution is -2.36. The third-order valence-electron chi connectivity index (χ3n) is 2.02. The topological polar surface area (TPSA) is 38.3 Å². The zero-order valence-corrected chi connectivity index (χ0v) is 8.85. The second-order valence-corrected chi connectivity index (χ2v) is 4.40. The van der Waals surface area contributed by atoms with Crippen molar-refractivity contribution in [3.63, 3.8) is 0 Å². The van der Waals surface area contributed by atoms with Crippen molar-refractivity contribution in [3.8, 4) is 0 Å². The highest BCUT2D eigenvalue weighted by Gasteiger charge is 2.32. The van der Waals surface area contributed by atoms with Crippen molar-refractivity contribution in [3.05, 3.63) is 24.3 Å². The van der Waals surface area contributed by atoms with Crippen molar-refractivity contribution in [1.82, 2.24) is 0 Å². The molecule has 1 amide bonds. The Morgan fingerprint density at radius 3 is 2.86 bits per heavy atom. The lowest BCUT2D eigenvalue weighted by atomic mass is 10.1. The molecule has 14 heavy (non-hydrogen) atoms. The Bertz CT molecular complexity index is 376. The van der Waals surface area contributed by atoms with E-state index in [1.165, 1.54) is 12.0 Å². The summed E-state index contributed by atoms with van der Waals surface area (Å²) in [5.74, 6) is -0.116. The smallest absolute Gasteiger partial charge is 0.257 e. The Balaban J connectivity index is 2.38. The summed E-state index contributed by atoms with van der Waals surface area (Å²) in [4.78, 5) is 12.6. The molecule has 1 heterocycles. The summed E-state index contributed by atoms with van der Waals surface area (Å²) < 4.78 is 5.43. The first kappa shape index (κ1) is 9.55. The average Bonchev–Trinajstić information content (AvgIpc) is 2.26. The minimum Gasteiger partial charge on any atom is -0.322 e. The Labute approximate surface area is 87.0 Å². The molecule has 4 heteroatoms. The molecule has 0 spiro atoms. The van der Waals surface area contributed by atoms with Gasteiger partial charge in [-0.1, -0.05) is 12.1 Å². The van der Waals surface area contributed by atoms with Gasteiger partial charge in [-0.15, -0.1) is 0 Å². The van der Waals surface area contributed by atoms with Crippen LogP contribution >= 0.6 is 12.0 Å². The molecular formula is C10H11NO2S. The van der Waals surface area contributed by atoms with Gasteiger partial charge in [-0.25, -0.2) is 0 Å². The molecule has 0 saturated heterocycles. The monoisotopic (exact) mass is 209 g/mol. The van der Waals surface area contributed by atoms with Crippen LogP contribution in [0.4, 0.5) is 5.69 Å². The second-order valence-electron chi connectivity index (χ2n) is 3.63. The maximum absolute atomic E-state index is 11.6. The number of hydrogen-bond acceptors (Lipinski definition) is 3. The fraction of sp³-hybridized carbons (Fsp3) is 0.300. The van der Waals surface area contributed by atoms with E-state index >= 15 is 0 Å². The predicted octanol–water partition coefficient (Wildman–Crippen LogP) is 2.44. The molecule has 0 saturated carbocycles. The van der Waals surface area contributed by atoms with E-state index in [-0.39, 0.29) is 5.91 Å². The van der Waals surface area contributed by atoms with Crippen molar-refractivity contribution in [2.75, 3.05) is 5.32 Å². The molecule has 1 aliphatic rings. The summed E-state index contributed by atoms with van der Waals surface area (Å²) in [6.45, 7) is 3.50. The minimum absolute atomic E-state index is 0.116. The van der Waals surface area contributed by atoms with Gasteiger partial charge in [-0.2, -0.15) is 0 Å². The van der Waals surface area contributed by atoms with Crippen LogP contribution < -0.4 is 5.32 Å². The van der Waals surface area contributed by atoms with Crippen LogP contribution in [0.25, 0.3) is 0 Å². The first-order valence-electron chi connectivity index (χ1n) is 4.36. The Hall–Kier alpha value is -1.00. The zero-order chi connectivity index (χ0) is 10.2. The normalized spacial score (nSPS) is 19.4. The van der Waals surface area contributed by atoms with Gasteiger partial charge >= 0.3 is 0 Å². The zero-order valence-electron chi connectivity index (χ0n) is 8.03. The standard InChI is InChI=1S/C10H11NO2S/c1-10(2)9(12)11-7-5-3-4-6-8(7)14-13-10/h3-6H,1-2H3,(H,11,12). The van der Waals surface area contributed by atoms with Gasteiger partial charge in [0, 0.05) is 12.0 Å². The van der Waals surface area contributed by atoms with Gasteiger partial charge in [-0.3, -0.25) is 8.98 Å². The number of hydrogen-bond donors (Lipinski definition) is 1. The molecule has 3 nitrogen and oxygen atoms in total. The number of benzene rings is 1. The van der Waals surface area contributed by atoms with E-state index < -0.39 is 5.60 Å². The fourth-order valence-corrected chi connectivity index (χ4v) is 1.82. The Morgan fingerprint density at radius 1 is 1.36 bits per heavy atom. The van der Waals surface area contributed by atoms with Gasteiger partial charge in [0.1, 0.15) is 0 Å². The highest BCUT2D eigenvalue weighted by atomic mass is 32.2. The van der Waals surface area contributed by atoms with Crippen LogP contribution in [-0.4, -0.2) is 11.5 Å². The average molecular weight is 209 g/mol. The maximum atomic E-state index is 11.6. The van der Waals surface area contributed by atoms with Gasteiger partial charge in [0.25, 0.3) is 5.91 Å². The molecular weight excluding hydrogens is 198 g/mol. The van der Waals surface area contributed by atoms with E-state index in [0.717, 1.165) is 10.6 Å². The maximum Gasteiger partial charge on any atom is 0.257 e. The third kappa shape index (κ3) is 1.63. The van der Waals surface area contributed by atoms with Crippen LogP contribution in [0.15, 0.2) is 29.2 Å². The first-order chi connectivity index (χ1) is 6.59. The molecule has 1 aliphatic heterocycles. The summed E-state index contributed by atoms with van der Waals surface area (Å²) in [5.41, 5.74) is 0.0250. The van der Waals surface area contributed by atoms with Gasteiger partial charge in [0.05, 0.1) is 10.6 Å². The quantitative estimate of drug-likeness (QED) is 0.667. The number of carbonyl (C=O) groups is 1. The highest BCUT2D eigenvalue weighted by molar-refractivity contribution is 7.95. The number of fused-ring (bicyclic) bond motifs is 1. The summed E-state index contributed by atoms with van der Waals surface area (Å²) in [6, 6.07) is 7.59. The number of anilines is 1. The lowest BCUT2D eigenvalue weighted by Gasteiger charge is -2.18. The van der Waals surface area contributed by atoms with Crippen LogP contribution in [0.5, 0.6) is 0 Å². The second kappa shape index (κ2) is 3.29. The third-order valence-corrected chi connectivity index (χ3v) is 3.06. The SMILES string of the molecule is CC1(C)OSc2ccccc2NC1=O. The molecule has 1 N–H and O–H groups in total. The van der Waals surface area contributed by atoms with Gasteiger partial charge in [-0.05, 0) is 26.0 Å². The van der Waals surface area contributed by atoms with Gasteiger partial charge in [0.2, 0.25) is 0 Å². The van der Waals surface area contributed by atoms with E-state index in [9.17, 15) is 4.79 Å². The van der Waals surface area contributed by atoms with Crippen LogP contribution in [0, 0.1) is 0 Å². The van der Waals surface area contributed by atoms with Crippen molar-refractivity contribution in [2.45, 2.75) is 24.3 Å². The Kier molecular flexibility index (Phi) is 2.25. The van der Waals surface area contributed by atoms with Crippen molar-refractivity contribution < 1.29 is 8.98 Å². The van der Waals surface area contributed by atoms with Crippen molar-refractivity contribution >= 4 is 23.6 Å². The molecule has 74 valence electrons. The highest BCUT2D eigenvalue weighted by Crippen LogP contribution is 2.35. The van der Waals surface area contributed by atoms with E-state index in [4.69, 9.17) is 4.18 Å². The van der Waals surface area contributed by atoms with E-state index in [1.807, 2.05) is 24.3 Å². The number of para-hydroxylation sites is 1. The minimum atomic E-state index is -0.788. The molecule has 1 aromatic carbocycles. The van der Waals surface area contributed by atoms with Crippen LogP contribution in [0.1, 0.15) is 13.8 Å². The summed E-state index contributed by atoms with van der Waals surface area (Å²) in [5, 5.41) is 2.83. The fourth-order valence-electron chi connectivity index (χ4n) is 1.10. The molecule has 0 aliphatic carbocycles. The largest absolute Gasteiger partial charge is 0.322 e. The van der Waals surface area contributed by atoms with Crippen LogP contribution in [0.3, 0.4) is 0 Å². The van der Waals surface area contributed by atoms with Gasteiger partial charge in [0.15, 0.2) is 5.60 Å². The van der Waals surface area contributed by atoms with Crippen molar-refractivity contribution in [1.29, 1.82) is 0 Å². The van der Waals surface area contributed by atoms with E-state index in [0.29, 0.717) is 0 Å². The lowest BCUT2D eigenvalue weighted by molar-refractivity contribution is -0.127. The van der Waals surface area contributed by atoms with E-state index in [1.54, 1.807) is 13.8 Å². The predicted molar refractivity (Wildman–Crippen MR) is 56.1 cm³/mol. The van der Waals surface area contributed by atoms with Crippen LogP contribution in [0.2, 0.25) is 0 Å². The molecule has 0 radical (unpaired) electrons. The number of nitrogens with one attached hydrogen (secondary N) is 1. The summed E-state index contributed by atoms with van der Waals surface area (Å²) in [7, 11) is 0. The summed E-state index contributed by atoms with van der Waals surface area (Å²) >= 11 is 1.24. The molecule has 0 fully saturated rings. The van der Waals surface area contributed by atoms with Crippen molar-refractivity contribution in [2.24, 2.45) is 0 Å². The molecule has 2 rings (SSSR count). The van der Waals surface area contributed by atoms with Crippen LogP contribution in [-0.2, 0) is 8.98 Å². The molecule has 0 bridgehead atoms. The first-order valence-corrected chi connectivity index (χ1v) is 5.10. The van der Waals surface area contributed by atoms with Gasteiger partial charge < -0.3 is 5.32 Å². The van der Waals surface area contributed by atoms with E-state index in [2.05, 4.69) is 5.32 Å². The number of carbonyl (C=O) groups excluding carboxylic acids is 1. The molecule has 0 aromatic heterocycles. The molecule has 0 atom stereocenters. The number of amides is 1. The number of rotatable bonds is 0. The molecule has 1 aromatic rings. The molecule has 0 unspecified atom stereocenters.